The van der Waals surface area contributed by atoms with Gasteiger partial charge in [0.15, 0.2) is 0 Å². The van der Waals surface area contributed by atoms with Crippen LogP contribution in [-0.4, -0.2) is 39.1 Å². The number of benzene rings is 2. The molecule has 0 aliphatic carbocycles. The maximum absolute atomic E-state index is 12.6. The third-order valence-electron chi connectivity index (χ3n) is 5.60. The van der Waals surface area contributed by atoms with E-state index in [-0.39, 0.29) is 11.9 Å². The topological polar surface area (TPSA) is 84.2 Å². The Balaban J connectivity index is 1.24. The van der Waals surface area contributed by atoms with Crippen molar-refractivity contribution in [2.24, 2.45) is 0 Å². The van der Waals surface area contributed by atoms with E-state index in [1.54, 1.807) is 17.0 Å². The number of urea groups is 1. The smallest absolute Gasteiger partial charge is 0.321 e. The molecule has 162 valence electrons. The minimum absolute atomic E-state index is 0.0931. The molecule has 4 aromatic rings. The Labute approximate surface area is 194 Å². The van der Waals surface area contributed by atoms with Crippen molar-refractivity contribution in [2.45, 2.75) is 18.8 Å². The van der Waals surface area contributed by atoms with Gasteiger partial charge in [-0.3, -0.25) is 0 Å². The van der Waals surface area contributed by atoms with Crippen LogP contribution in [0.1, 0.15) is 24.7 Å². The molecule has 0 bridgehead atoms. The number of pyridine rings is 1. The number of likely N-dealkylation sites (tertiary alicyclic amines) is 1. The van der Waals surface area contributed by atoms with E-state index in [9.17, 15) is 4.79 Å². The fourth-order valence-corrected chi connectivity index (χ4v) is 4.25. The number of carbonyl (C=O) groups is 1. The van der Waals surface area contributed by atoms with E-state index in [0.29, 0.717) is 46.2 Å². The molecule has 1 aliphatic heterocycles. The molecule has 7 nitrogen and oxygen atoms in total. The Morgan fingerprint density at radius 2 is 1.75 bits per heavy atom. The summed E-state index contributed by atoms with van der Waals surface area (Å²) < 4.78 is 5.54. The average molecular weight is 468 g/mol. The molecule has 1 fully saturated rings. The van der Waals surface area contributed by atoms with Gasteiger partial charge in [-0.05, 0) is 49.2 Å². The monoisotopic (exact) mass is 467 g/mol. The van der Waals surface area contributed by atoms with Crippen LogP contribution in [0, 0.1) is 0 Å². The zero-order valence-corrected chi connectivity index (χ0v) is 18.5. The fourth-order valence-electron chi connectivity index (χ4n) is 3.83. The predicted octanol–water partition coefficient (Wildman–Crippen LogP) is 6.00. The molecule has 2 amide bonds. The van der Waals surface area contributed by atoms with Crippen LogP contribution in [0.2, 0.25) is 10.0 Å². The lowest BCUT2D eigenvalue weighted by Crippen LogP contribution is -2.40. The minimum Gasteiger partial charge on any atom is -0.339 e. The molecule has 5 rings (SSSR count). The Kier molecular flexibility index (Phi) is 5.68. The van der Waals surface area contributed by atoms with Crippen LogP contribution in [0.5, 0.6) is 0 Å². The lowest BCUT2D eigenvalue weighted by atomic mass is 9.97. The van der Waals surface area contributed by atoms with Gasteiger partial charge >= 0.3 is 6.03 Å². The van der Waals surface area contributed by atoms with E-state index in [1.165, 1.54) is 0 Å². The number of halogens is 2. The number of nitrogens with one attached hydrogen (secondary N) is 1. The lowest BCUT2D eigenvalue weighted by molar-refractivity contribution is 0.187. The highest BCUT2D eigenvalue weighted by Gasteiger charge is 2.28. The quantitative estimate of drug-likeness (QED) is 0.399. The number of anilines is 1. The van der Waals surface area contributed by atoms with Gasteiger partial charge in [0.05, 0.1) is 16.2 Å². The van der Waals surface area contributed by atoms with Gasteiger partial charge in [-0.2, -0.15) is 4.98 Å². The van der Waals surface area contributed by atoms with Crippen molar-refractivity contribution >= 4 is 45.8 Å². The number of carbonyl (C=O) groups excluding carboxylic acids is 1. The average Bonchev–Trinajstić information content (AvgIpc) is 3.31. The summed E-state index contributed by atoms with van der Waals surface area (Å²) in [5.74, 6) is 1.11. The summed E-state index contributed by atoms with van der Waals surface area (Å²) in [7, 11) is 0. The number of aromatic nitrogens is 3. The SMILES string of the molecule is O=C(Nc1ccccc1Cl)N1CCC(c2nc(-c3ccc4c(Cl)cccc4n3)no2)CC1. The second kappa shape index (κ2) is 8.76. The molecule has 1 aliphatic rings. The first-order valence-corrected chi connectivity index (χ1v) is 11.0. The molecule has 1 N–H and O–H groups in total. The van der Waals surface area contributed by atoms with Gasteiger partial charge in [0.1, 0.15) is 5.69 Å². The van der Waals surface area contributed by atoms with Crippen LogP contribution in [0.4, 0.5) is 10.5 Å². The molecule has 1 saturated heterocycles. The first-order chi connectivity index (χ1) is 15.6. The van der Waals surface area contributed by atoms with E-state index in [2.05, 4.69) is 20.4 Å². The molecule has 0 atom stereocenters. The molecule has 2 aromatic heterocycles. The number of piperidine rings is 1. The van der Waals surface area contributed by atoms with Crippen molar-refractivity contribution in [3.05, 3.63) is 70.5 Å². The second-order valence-electron chi connectivity index (χ2n) is 7.63. The summed E-state index contributed by atoms with van der Waals surface area (Å²) in [4.78, 5) is 23.5. The summed E-state index contributed by atoms with van der Waals surface area (Å²) in [6.45, 7) is 1.18. The van der Waals surface area contributed by atoms with E-state index < -0.39 is 0 Å². The number of hydrogen-bond acceptors (Lipinski definition) is 5. The van der Waals surface area contributed by atoms with Crippen LogP contribution < -0.4 is 5.32 Å². The summed E-state index contributed by atoms with van der Waals surface area (Å²) in [6.07, 6.45) is 1.47. The van der Waals surface area contributed by atoms with Gasteiger partial charge in [-0.25, -0.2) is 9.78 Å². The van der Waals surface area contributed by atoms with Crippen molar-refractivity contribution in [3.63, 3.8) is 0 Å². The number of nitrogens with zero attached hydrogens (tertiary/aromatic N) is 4. The first-order valence-electron chi connectivity index (χ1n) is 10.3. The standard InChI is InChI=1S/C23H19Cl2N5O2/c24-16-5-3-7-18-15(16)8-9-20(26-18)21-28-22(32-29-21)14-10-12-30(13-11-14)23(31)27-19-6-2-1-4-17(19)25/h1-9,14H,10-13H2,(H,27,31). The second-order valence-corrected chi connectivity index (χ2v) is 8.44. The van der Waals surface area contributed by atoms with Crippen LogP contribution in [0.15, 0.2) is 59.1 Å². The Bertz CT molecular complexity index is 1280. The summed E-state index contributed by atoms with van der Waals surface area (Å²) in [6, 6.07) is 16.4. The number of hydrogen-bond donors (Lipinski definition) is 1. The first kappa shape index (κ1) is 20.7. The number of rotatable bonds is 3. The Hall–Kier alpha value is -3.16. The molecule has 3 heterocycles. The number of fused-ring (bicyclic) bond motifs is 1. The van der Waals surface area contributed by atoms with Crippen molar-refractivity contribution in [2.75, 3.05) is 18.4 Å². The van der Waals surface area contributed by atoms with Gasteiger partial charge in [0, 0.05) is 29.4 Å². The number of para-hydroxylation sites is 1. The maximum Gasteiger partial charge on any atom is 0.321 e. The van der Waals surface area contributed by atoms with Crippen LogP contribution in [0.3, 0.4) is 0 Å². The number of amides is 2. The van der Waals surface area contributed by atoms with Crippen molar-refractivity contribution in [3.8, 4) is 11.5 Å². The van der Waals surface area contributed by atoms with Crippen LogP contribution >= 0.6 is 23.2 Å². The van der Waals surface area contributed by atoms with E-state index in [1.807, 2.05) is 42.5 Å². The normalized spacial score (nSPS) is 14.6. The largest absolute Gasteiger partial charge is 0.339 e. The molecule has 0 spiro atoms. The zero-order chi connectivity index (χ0) is 22.1. The fraction of sp³-hybridized carbons (Fsp3) is 0.217. The predicted molar refractivity (Wildman–Crippen MR) is 124 cm³/mol. The highest BCUT2D eigenvalue weighted by Crippen LogP contribution is 2.30. The molecule has 2 aromatic carbocycles. The molecule has 32 heavy (non-hydrogen) atoms. The van der Waals surface area contributed by atoms with E-state index in [4.69, 9.17) is 27.7 Å². The Morgan fingerprint density at radius 3 is 2.56 bits per heavy atom. The van der Waals surface area contributed by atoms with Gasteiger partial charge in [-0.1, -0.05) is 46.6 Å². The van der Waals surface area contributed by atoms with E-state index >= 15 is 0 Å². The molecule has 0 radical (unpaired) electrons. The summed E-state index contributed by atoms with van der Waals surface area (Å²) in [5, 5.41) is 9.03. The molecule has 0 unspecified atom stereocenters. The maximum atomic E-state index is 12.6. The third-order valence-corrected chi connectivity index (χ3v) is 6.26. The zero-order valence-electron chi connectivity index (χ0n) is 17.0. The van der Waals surface area contributed by atoms with Crippen LogP contribution in [-0.2, 0) is 0 Å². The highest BCUT2D eigenvalue weighted by molar-refractivity contribution is 6.35. The van der Waals surface area contributed by atoms with Crippen molar-refractivity contribution in [1.29, 1.82) is 0 Å². The molecular formula is C23H19Cl2N5O2. The van der Waals surface area contributed by atoms with Gasteiger partial charge < -0.3 is 14.7 Å². The molecular weight excluding hydrogens is 449 g/mol. The lowest BCUT2D eigenvalue weighted by Gasteiger charge is -2.30. The Morgan fingerprint density at radius 1 is 0.969 bits per heavy atom. The minimum atomic E-state index is -0.165. The summed E-state index contributed by atoms with van der Waals surface area (Å²) in [5.41, 5.74) is 2.01. The molecule has 9 heteroatoms. The van der Waals surface area contributed by atoms with Gasteiger partial charge in [0.2, 0.25) is 11.7 Å². The van der Waals surface area contributed by atoms with Gasteiger partial charge in [0.25, 0.3) is 0 Å². The van der Waals surface area contributed by atoms with Crippen molar-refractivity contribution < 1.29 is 9.32 Å². The summed E-state index contributed by atoms with van der Waals surface area (Å²) >= 11 is 12.3. The highest BCUT2D eigenvalue weighted by atomic mass is 35.5. The molecule has 0 saturated carbocycles. The van der Waals surface area contributed by atoms with Gasteiger partial charge in [-0.15, -0.1) is 0 Å². The third kappa shape index (κ3) is 4.13. The van der Waals surface area contributed by atoms with E-state index in [0.717, 1.165) is 23.7 Å². The van der Waals surface area contributed by atoms with Crippen molar-refractivity contribution in [1.82, 2.24) is 20.0 Å². The van der Waals surface area contributed by atoms with Crippen LogP contribution in [0.25, 0.3) is 22.4 Å².